The number of hydrogen-bond acceptors (Lipinski definition) is 6. The molecule has 1 amide bonds. The lowest BCUT2D eigenvalue weighted by Gasteiger charge is -2.19. The first-order chi connectivity index (χ1) is 12.6. The van der Waals surface area contributed by atoms with Crippen LogP contribution in [0.2, 0.25) is 5.15 Å². The second kappa shape index (κ2) is 8.90. The largest absolute Gasteiger partial charge is 0.393 e. The van der Waals surface area contributed by atoms with Crippen LogP contribution in [0, 0.1) is 5.92 Å². The lowest BCUT2D eigenvalue weighted by atomic mass is 9.88. The Balaban J connectivity index is 1.75. The maximum atomic E-state index is 12.9. The van der Waals surface area contributed by atoms with Crippen molar-refractivity contribution in [1.29, 1.82) is 0 Å². The fraction of sp³-hybridized carbons (Fsp3) is 0.500. The third-order valence-electron chi connectivity index (χ3n) is 4.78. The number of carbonyl (C=O) groups excluding carboxylic acids is 1. The van der Waals surface area contributed by atoms with Gasteiger partial charge in [0.15, 0.2) is 5.13 Å². The number of aromatic nitrogens is 2. The number of nitrogens with one attached hydrogen (secondary N) is 1. The number of pyridine rings is 1. The lowest BCUT2D eigenvalue weighted by Crippen LogP contribution is -2.23. The Hall–Kier alpha value is -1.54. The molecule has 0 spiro atoms. The highest BCUT2D eigenvalue weighted by Gasteiger charge is 2.27. The molecule has 2 heterocycles. The van der Waals surface area contributed by atoms with Crippen LogP contribution in [0.15, 0.2) is 23.7 Å². The van der Waals surface area contributed by atoms with Crippen LogP contribution in [0.1, 0.15) is 55.4 Å². The summed E-state index contributed by atoms with van der Waals surface area (Å²) in [6.07, 6.45) is 6.12. The maximum absolute atomic E-state index is 12.9. The highest BCUT2D eigenvalue weighted by atomic mass is 35.5. The van der Waals surface area contributed by atoms with E-state index in [4.69, 9.17) is 16.7 Å². The van der Waals surface area contributed by atoms with Crippen molar-refractivity contribution in [2.75, 3.05) is 11.9 Å². The predicted molar refractivity (Wildman–Crippen MR) is 101 cm³/mol. The van der Waals surface area contributed by atoms with Crippen LogP contribution >= 0.6 is 22.9 Å². The third kappa shape index (κ3) is 4.79. The zero-order valence-corrected chi connectivity index (χ0v) is 15.8. The average molecular weight is 396 g/mol. The molecule has 0 saturated heterocycles. The number of carbonyl (C=O) groups is 1. The Morgan fingerprint density at radius 2 is 2.15 bits per heavy atom. The van der Waals surface area contributed by atoms with Gasteiger partial charge in [0.25, 0.3) is 0 Å². The molecule has 3 rings (SSSR count). The number of rotatable bonds is 7. The van der Waals surface area contributed by atoms with Gasteiger partial charge >= 0.3 is 0 Å². The molecule has 26 heavy (non-hydrogen) atoms. The topological polar surface area (TPSA) is 95.3 Å². The van der Waals surface area contributed by atoms with E-state index in [1.807, 2.05) is 6.07 Å². The van der Waals surface area contributed by atoms with Crippen LogP contribution in [-0.4, -0.2) is 32.7 Å². The van der Waals surface area contributed by atoms with E-state index in [9.17, 15) is 9.90 Å². The molecule has 6 nitrogen and oxygen atoms in total. The number of nitrogens with zero attached hydrogens (tertiary/aromatic N) is 2. The highest BCUT2D eigenvalue weighted by molar-refractivity contribution is 7.13. The number of halogens is 1. The maximum Gasteiger partial charge on any atom is 0.233 e. The van der Waals surface area contributed by atoms with Crippen LogP contribution < -0.4 is 5.32 Å². The van der Waals surface area contributed by atoms with Gasteiger partial charge in [-0.2, -0.15) is 0 Å². The number of thiazole rings is 1. The first kappa shape index (κ1) is 19.2. The number of anilines is 1. The molecule has 3 N–H and O–H groups in total. The summed E-state index contributed by atoms with van der Waals surface area (Å²) in [5, 5.41) is 23.9. The molecule has 1 aliphatic carbocycles. The molecule has 2 aromatic rings. The van der Waals surface area contributed by atoms with Gasteiger partial charge in [-0.1, -0.05) is 43.4 Å². The molecule has 1 aliphatic rings. The van der Waals surface area contributed by atoms with E-state index in [-0.39, 0.29) is 11.8 Å². The smallest absolute Gasteiger partial charge is 0.233 e. The highest BCUT2D eigenvalue weighted by Crippen LogP contribution is 2.35. The SMILES string of the molecule is O=C(Nc1nc(C(O)CO)cs1)C(CC1CCCC1)c1ccc(Cl)nc1. The Kier molecular flexibility index (Phi) is 6.58. The summed E-state index contributed by atoms with van der Waals surface area (Å²) in [4.78, 5) is 21.2. The third-order valence-corrected chi connectivity index (χ3v) is 5.78. The fourth-order valence-corrected chi connectivity index (χ4v) is 4.22. The predicted octanol–water partition coefficient (Wildman–Crippen LogP) is 3.52. The van der Waals surface area contributed by atoms with E-state index in [1.54, 1.807) is 17.6 Å². The Bertz CT molecular complexity index is 732. The first-order valence-electron chi connectivity index (χ1n) is 8.73. The Morgan fingerprint density at radius 3 is 2.81 bits per heavy atom. The van der Waals surface area contributed by atoms with Gasteiger partial charge in [0.1, 0.15) is 11.3 Å². The van der Waals surface area contributed by atoms with Crippen LogP contribution in [0.4, 0.5) is 5.13 Å². The molecule has 8 heteroatoms. The molecule has 2 aromatic heterocycles. The van der Waals surface area contributed by atoms with Crippen molar-refractivity contribution in [3.63, 3.8) is 0 Å². The van der Waals surface area contributed by atoms with E-state index in [2.05, 4.69) is 15.3 Å². The number of aliphatic hydroxyl groups is 2. The molecule has 0 aliphatic heterocycles. The second-order valence-electron chi connectivity index (χ2n) is 6.62. The van der Waals surface area contributed by atoms with Crippen molar-refractivity contribution in [1.82, 2.24) is 9.97 Å². The van der Waals surface area contributed by atoms with Gasteiger partial charge in [0.2, 0.25) is 5.91 Å². The van der Waals surface area contributed by atoms with Crippen LogP contribution in [0.5, 0.6) is 0 Å². The molecular formula is C18H22ClN3O3S. The van der Waals surface area contributed by atoms with Crippen LogP contribution in [0.25, 0.3) is 0 Å². The number of hydrogen-bond donors (Lipinski definition) is 3. The van der Waals surface area contributed by atoms with Crippen molar-refractivity contribution in [2.24, 2.45) is 5.92 Å². The minimum atomic E-state index is -1.04. The minimum Gasteiger partial charge on any atom is -0.393 e. The molecule has 0 aromatic carbocycles. The van der Waals surface area contributed by atoms with Gasteiger partial charge < -0.3 is 15.5 Å². The normalized spacial score (nSPS) is 17.2. The Morgan fingerprint density at radius 1 is 1.38 bits per heavy atom. The summed E-state index contributed by atoms with van der Waals surface area (Å²) in [7, 11) is 0. The second-order valence-corrected chi connectivity index (χ2v) is 7.86. The van der Waals surface area contributed by atoms with E-state index < -0.39 is 12.7 Å². The van der Waals surface area contributed by atoms with E-state index in [0.717, 1.165) is 24.8 Å². The van der Waals surface area contributed by atoms with E-state index in [0.29, 0.717) is 21.9 Å². The molecular weight excluding hydrogens is 374 g/mol. The quantitative estimate of drug-likeness (QED) is 0.623. The van der Waals surface area contributed by atoms with Crippen LogP contribution in [0.3, 0.4) is 0 Å². The van der Waals surface area contributed by atoms with Gasteiger partial charge in [-0.25, -0.2) is 9.97 Å². The van der Waals surface area contributed by atoms with Crippen molar-refractivity contribution >= 4 is 34.0 Å². The van der Waals surface area contributed by atoms with Gasteiger partial charge in [0, 0.05) is 11.6 Å². The summed E-state index contributed by atoms with van der Waals surface area (Å²) < 4.78 is 0. The minimum absolute atomic E-state index is 0.139. The van der Waals surface area contributed by atoms with Gasteiger partial charge in [-0.15, -0.1) is 11.3 Å². The summed E-state index contributed by atoms with van der Waals surface area (Å²) >= 11 is 7.11. The first-order valence-corrected chi connectivity index (χ1v) is 9.99. The zero-order chi connectivity index (χ0) is 18.5. The zero-order valence-electron chi connectivity index (χ0n) is 14.3. The monoisotopic (exact) mass is 395 g/mol. The average Bonchev–Trinajstić information content (AvgIpc) is 3.31. The summed E-state index contributed by atoms with van der Waals surface area (Å²) in [6.45, 7) is -0.405. The van der Waals surface area contributed by atoms with Gasteiger partial charge in [-0.05, 0) is 24.0 Å². The van der Waals surface area contributed by atoms with Crippen molar-refractivity contribution < 1.29 is 15.0 Å². The molecule has 2 unspecified atom stereocenters. The lowest BCUT2D eigenvalue weighted by molar-refractivity contribution is -0.118. The van der Waals surface area contributed by atoms with Crippen molar-refractivity contribution in [2.45, 2.75) is 44.1 Å². The molecule has 2 atom stereocenters. The summed E-state index contributed by atoms with van der Waals surface area (Å²) in [5.41, 5.74) is 1.19. The van der Waals surface area contributed by atoms with Crippen molar-refractivity contribution in [3.05, 3.63) is 40.1 Å². The van der Waals surface area contributed by atoms with Gasteiger partial charge in [0.05, 0.1) is 18.2 Å². The molecule has 1 fully saturated rings. The number of aliphatic hydroxyl groups excluding tert-OH is 2. The Labute approximate surface area is 161 Å². The standard InChI is InChI=1S/C18H22ClN3O3S/c19-16-6-5-12(8-20-16)13(7-11-3-1-2-4-11)17(25)22-18-21-14(10-26-18)15(24)9-23/h5-6,8,10-11,13,15,23-24H,1-4,7,9H2,(H,21,22,25). The molecule has 1 saturated carbocycles. The van der Waals surface area contributed by atoms with Gasteiger partial charge in [-0.3, -0.25) is 4.79 Å². The summed E-state index contributed by atoms with van der Waals surface area (Å²) in [5.74, 6) is 0.0721. The molecule has 140 valence electrons. The summed E-state index contributed by atoms with van der Waals surface area (Å²) in [6, 6.07) is 3.54. The van der Waals surface area contributed by atoms with Crippen molar-refractivity contribution in [3.8, 4) is 0 Å². The number of amides is 1. The molecule has 0 bridgehead atoms. The fourth-order valence-electron chi connectivity index (χ4n) is 3.35. The van der Waals surface area contributed by atoms with E-state index in [1.165, 1.54) is 24.2 Å². The van der Waals surface area contributed by atoms with Crippen LogP contribution in [-0.2, 0) is 4.79 Å². The molecule has 0 radical (unpaired) electrons. The van der Waals surface area contributed by atoms with E-state index >= 15 is 0 Å².